The molecule has 0 saturated carbocycles. The van der Waals surface area contributed by atoms with Gasteiger partial charge in [0.15, 0.2) is 0 Å². The molecule has 3 aromatic rings. The Morgan fingerprint density at radius 2 is 1.78 bits per heavy atom. The largest absolute Gasteiger partial charge is 0.419 e. The summed E-state index contributed by atoms with van der Waals surface area (Å²) in [6.45, 7) is 1.72. The highest BCUT2D eigenvalue weighted by Gasteiger charge is 2.43. The molecule has 1 amide bonds. The van der Waals surface area contributed by atoms with Crippen LogP contribution in [0.4, 0.5) is 22.0 Å². The molecule has 2 heterocycles. The summed E-state index contributed by atoms with van der Waals surface area (Å²) < 4.78 is 93.0. The third-order valence-electron chi connectivity index (χ3n) is 6.08. The lowest BCUT2D eigenvalue weighted by Gasteiger charge is -2.25. The lowest BCUT2D eigenvalue weighted by Crippen LogP contribution is -2.47. The summed E-state index contributed by atoms with van der Waals surface area (Å²) in [6.07, 6.45) is -3.27. The molecule has 4 rings (SSSR count). The molecule has 1 aliphatic rings. The fourth-order valence-electron chi connectivity index (χ4n) is 4.15. The fraction of sp³-hybridized carbons (Fsp3) is 0.292. The molecule has 2 aromatic carbocycles. The van der Waals surface area contributed by atoms with Crippen LogP contribution in [0.25, 0.3) is 11.3 Å². The molecule has 196 valence electrons. The number of carbonyl (C=O) groups excluding carboxylic acids is 1. The predicted molar refractivity (Wildman–Crippen MR) is 122 cm³/mol. The minimum Gasteiger partial charge on any atom is -0.349 e. The SMILES string of the molecule is CC1CCN(S(=O)(=O)c2ccc(F)cc2)C1C(=O)NCc1cc(-c2ccc(C(F)(F)F)c(F)c2)ncn1. The number of rotatable bonds is 6. The molecular weight excluding hydrogens is 519 g/mol. The van der Waals surface area contributed by atoms with E-state index in [4.69, 9.17) is 0 Å². The zero-order valence-electron chi connectivity index (χ0n) is 19.3. The van der Waals surface area contributed by atoms with Gasteiger partial charge in [-0.3, -0.25) is 4.79 Å². The minimum atomic E-state index is -4.83. The van der Waals surface area contributed by atoms with Crippen LogP contribution < -0.4 is 5.32 Å². The van der Waals surface area contributed by atoms with E-state index in [2.05, 4.69) is 15.3 Å². The number of hydrogen-bond donors (Lipinski definition) is 1. The highest BCUT2D eigenvalue weighted by molar-refractivity contribution is 7.89. The van der Waals surface area contributed by atoms with Crippen molar-refractivity contribution in [1.82, 2.24) is 19.6 Å². The molecule has 2 atom stereocenters. The van der Waals surface area contributed by atoms with Gasteiger partial charge in [-0.1, -0.05) is 13.0 Å². The topological polar surface area (TPSA) is 92.3 Å². The van der Waals surface area contributed by atoms with Gasteiger partial charge < -0.3 is 5.32 Å². The van der Waals surface area contributed by atoms with Crippen LogP contribution in [0.3, 0.4) is 0 Å². The summed E-state index contributed by atoms with van der Waals surface area (Å²) in [5.74, 6) is -2.91. The molecule has 0 aliphatic carbocycles. The number of nitrogens with zero attached hydrogens (tertiary/aromatic N) is 3. The Labute approximate surface area is 209 Å². The number of halogens is 5. The van der Waals surface area contributed by atoms with Crippen molar-refractivity contribution in [2.45, 2.75) is 37.0 Å². The monoisotopic (exact) mass is 540 g/mol. The Bertz CT molecular complexity index is 1410. The van der Waals surface area contributed by atoms with E-state index in [0.717, 1.165) is 41.0 Å². The van der Waals surface area contributed by atoms with Crippen LogP contribution >= 0.6 is 0 Å². The lowest BCUT2D eigenvalue weighted by molar-refractivity contribution is -0.140. The molecular formula is C24H21F5N4O3S. The maximum atomic E-state index is 14.0. The minimum absolute atomic E-state index is 0.0847. The van der Waals surface area contributed by atoms with Crippen molar-refractivity contribution in [2.24, 2.45) is 5.92 Å². The smallest absolute Gasteiger partial charge is 0.349 e. The molecule has 13 heteroatoms. The quantitative estimate of drug-likeness (QED) is 0.475. The van der Waals surface area contributed by atoms with E-state index in [0.29, 0.717) is 18.6 Å². The van der Waals surface area contributed by atoms with Gasteiger partial charge in [0.25, 0.3) is 0 Å². The van der Waals surface area contributed by atoms with Gasteiger partial charge in [-0.15, -0.1) is 0 Å². The Morgan fingerprint density at radius 1 is 1.08 bits per heavy atom. The predicted octanol–water partition coefficient (Wildman–Crippen LogP) is 4.16. The first-order valence-corrected chi connectivity index (χ1v) is 12.5. The van der Waals surface area contributed by atoms with E-state index in [1.54, 1.807) is 6.92 Å². The van der Waals surface area contributed by atoms with Gasteiger partial charge in [0.05, 0.1) is 28.4 Å². The van der Waals surface area contributed by atoms with Crippen molar-refractivity contribution in [3.05, 3.63) is 77.8 Å². The van der Waals surface area contributed by atoms with Crippen molar-refractivity contribution in [3.8, 4) is 11.3 Å². The van der Waals surface area contributed by atoms with Crippen molar-refractivity contribution in [1.29, 1.82) is 0 Å². The van der Waals surface area contributed by atoms with E-state index in [-0.39, 0.29) is 40.9 Å². The molecule has 1 N–H and O–H groups in total. The second-order valence-electron chi connectivity index (χ2n) is 8.59. The maximum absolute atomic E-state index is 14.0. The van der Waals surface area contributed by atoms with Gasteiger partial charge in [0.1, 0.15) is 24.0 Å². The van der Waals surface area contributed by atoms with E-state index < -0.39 is 45.3 Å². The third kappa shape index (κ3) is 5.62. The summed E-state index contributed by atoms with van der Waals surface area (Å²) >= 11 is 0. The molecule has 0 spiro atoms. The number of alkyl halides is 3. The first kappa shape index (κ1) is 26.6. The van der Waals surface area contributed by atoms with Gasteiger partial charge in [-0.25, -0.2) is 27.2 Å². The van der Waals surface area contributed by atoms with E-state index in [1.165, 1.54) is 6.07 Å². The Morgan fingerprint density at radius 3 is 2.43 bits per heavy atom. The lowest BCUT2D eigenvalue weighted by atomic mass is 10.0. The van der Waals surface area contributed by atoms with Crippen LogP contribution in [0.2, 0.25) is 0 Å². The second-order valence-corrected chi connectivity index (χ2v) is 10.5. The first-order chi connectivity index (χ1) is 17.4. The van der Waals surface area contributed by atoms with Crippen molar-refractivity contribution < 1.29 is 35.2 Å². The van der Waals surface area contributed by atoms with Crippen LogP contribution in [0.15, 0.2) is 59.8 Å². The summed E-state index contributed by atoms with van der Waals surface area (Å²) in [5.41, 5.74) is -0.899. The van der Waals surface area contributed by atoms with Crippen molar-refractivity contribution in [3.63, 3.8) is 0 Å². The summed E-state index contributed by atoms with van der Waals surface area (Å²) in [6, 6.07) is 7.10. The van der Waals surface area contributed by atoms with Crippen LogP contribution in [0.5, 0.6) is 0 Å². The number of carbonyl (C=O) groups is 1. The summed E-state index contributed by atoms with van der Waals surface area (Å²) in [7, 11) is -4.06. The number of benzene rings is 2. The molecule has 1 aromatic heterocycles. The third-order valence-corrected chi connectivity index (χ3v) is 7.98. The van der Waals surface area contributed by atoms with Crippen LogP contribution in [-0.4, -0.2) is 41.2 Å². The number of aromatic nitrogens is 2. The molecule has 2 unspecified atom stereocenters. The number of hydrogen-bond acceptors (Lipinski definition) is 5. The van der Waals surface area contributed by atoms with Gasteiger partial charge in [0, 0.05) is 12.1 Å². The fourth-order valence-corrected chi connectivity index (χ4v) is 5.85. The highest BCUT2D eigenvalue weighted by atomic mass is 32.2. The zero-order chi connectivity index (χ0) is 27.0. The van der Waals surface area contributed by atoms with Crippen LogP contribution in [0, 0.1) is 17.6 Å². The Hall–Kier alpha value is -3.45. The van der Waals surface area contributed by atoms with Gasteiger partial charge in [0.2, 0.25) is 15.9 Å². The molecule has 1 saturated heterocycles. The molecule has 7 nitrogen and oxygen atoms in total. The highest BCUT2D eigenvalue weighted by Crippen LogP contribution is 2.33. The van der Waals surface area contributed by atoms with E-state index in [1.807, 2.05) is 0 Å². The zero-order valence-corrected chi connectivity index (χ0v) is 20.2. The molecule has 0 bridgehead atoms. The second kappa shape index (κ2) is 10.1. The van der Waals surface area contributed by atoms with E-state index in [9.17, 15) is 35.2 Å². The average molecular weight is 541 g/mol. The van der Waals surface area contributed by atoms with Gasteiger partial charge >= 0.3 is 6.18 Å². The van der Waals surface area contributed by atoms with Crippen LogP contribution in [0.1, 0.15) is 24.6 Å². The molecule has 0 radical (unpaired) electrons. The van der Waals surface area contributed by atoms with Gasteiger partial charge in [-0.2, -0.15) is 17.5 Å². The first-order valence-electron chi connectivity index (χ1n) is 11.1. The summed E-state index contributed by atoms with van der Waals surface area (Å²) in [4.78, 5) is 20.9. The Kier molecular flexibility index (Phi) is 7.29. The van der Waals surface area contributed by atoms with Crippen LogP contribution in [-0.2, 0) is 27.5 Å². The molecule has 37 heavy (non-hydrogen) atoms. The maximum Gasteiger partial charge on any atom is 0.419 e. The number of amides is 1. The molecule has 1 aliphatic heterocycles. The number of sulfonamides is 1. The molecule has 1 fully saturated rings. The summed E-state index contributed by atoms with van der Waals surface area (Å²) in [5, 5.41) is 2.63. The van der Waals surface area contributed by atoms with Crippen molar-refractivity contribution >= 4 is 15.9 Å². The van der Waals surface area contributed by atoms with Crippen molar-refractivity contribution in [2.75, 3.05) is 6.54 Å². The Balaban J connectivity index is 1.49. The standard InChI is InChI=1S/C24H21F5N4O3S/c1-14-8-9-33(37(35,36)18-5-3-16(25)4-6-18)22(14)23(34)30-12-17-11-21(32-13-31-17)15-2-7-19(20(26)10-15)24(27,28)29/h2-7,10-11,13-14,22H,8-9,12H2,1H3,(H,30,34). The van der Waals surface area contributed by atoms with E-state index >= 15 is 0 Å². The average Bonchev–Trinajstić information content (AvgIpc) is 3.24. The normalized spacial score (nSPS) is 18.6. The number of nitrogens with one attached hydrogen (secondary N) is 1. The van der Waals surface area contributed by atoms with Gasteiger partial charge in [-0.05, 0) is 54.8 Å².